The molecule has 0 heterocycles. The van der Waals surface area contributed by atoms with Gasteiger partial charge in [0.05, 0.1) is 12.2 Å². The third-order valence-electron chi connectivity index (χ3n) is 2.85. The van der Waals surface area contributed by atoms with Gasteiger partial charge in [0.2, 0.25) is 0 Å². The van der Waals surface area contributed by atoms with Gasteiger partial charge < -0.3 is 20.1 Å². The van der Waals surface area contributed by atoms with Crippen LogP contribution in [0.2, 0.25) is 0 Å². The van der Waals surface area contributed by atoms with E-state index in [1.165, 1.54) is 0 Å². The monoisotopic (exact) mass is 300 g/mol. The van der Waals surface area contributed by atoms with E-state index in [0.29, 0.717) is 0 Å². The van der Waals surface area contributed by atoms with Gasteiger partial charge in [-0.1, -0.05) is 0 Å². The maximum atomic E-state index is 12.3. The maximum Gasteiger partial charge on any atom is 0.355 e. The van der Waals surface area contributed by atoms with Crippen molar-refractivity contribution in [2.75, 3.05) is 19.8 Å². The highest BCUT2D eigenvalue weighted by molar-refractivity contribution is 5.99. The van der Waals surface area contributed by atoms with Crippen LogP contribution in [0.25, 0.3) is 0 Å². The zero-order chi connectivity index (χ0) is 16.6. The Hall–Kier alpha value is -1.56. The number of esters is 2. The van der Waals surface area contributed by atoms with Gasteiger partial charge in [-0.25, -0.2) is 9.59 Å². The number of ether oxygens (including phenoxy) is 2. The molecule has 0 atom stereocenters. The lowest BCUT2D eigenvalue weighted by Gasteiger charge is -2.34. The molecule has 0 aliphatic rings. The third kappa shape index (κ3) is 5.75. The molecule has 21 heavy (non-hydrogen) atoms. The fourth-order valence-corrected chi connectivity index (χ4v) is 2.12. The van der Waals surface area contributed by atoms with E-state index in [1.54, 1.807) is 13.8 Å². The van der Waals surface area contributed by atoms with Crippen molar-refractivity contribution in [3.63, 3.8) is 0 Å². The zero-order valence-corrected chi connectivity index (χ0v) is 13.9. The number of nitrogens with zero attached hydrogens (tertiary/aromatic N) is 1. The molecular formula is C15H28N2O4. The van der Waals surface area contributed by atoms with E-state index in [-0.39, 0.29) is 43.1 Å². The van der Waals surface area contributed by atoms with Gasteiger partial charge >= 0.3 is 11.9 Å². The van der Waals surface area contributed by atoms with Crippen LogP contribution in [-0.2, 0) is 19.1 Å². The Labute approximate surface area is 127 Å². The summed E-state index contributed by atoms with van der Waals surface area (Å²) in [6.07, 6.45) is 0. The molecule has 6 nitrogen and oxygen atoms in total. The smallest absolute Gasteiger partial charge is 0.355 e. The van der Waals surface area contributed by atoms with Crippen LogP contribution in [0.5, 0.6) is 0 Å². The second-order valence-corrected chi connectivity index (χ2v) is 5.21. The molecule has 0 aliphatic heterocycles. The Kier molecular flexibility index (Phi) is 8.69. The molecular weight excluding hydrogens is 272 g/mol. The molecule has 0 radical (unpaired) electrons. The molecule has 0 spiro atoms. The lowest BCUT2D eigenvalue weighted by atomic mass is 10.1. The lowest BCUT2D eigenvalue weighted by molar-refractivity contribution is -0.143. The molecule has 0 aromatic heterocycles. The predicted octanol–water partition coefficient (Wildman–Crippen LogP) is 1.44. The van der Waals surface area contributed by atoms with Gasteiger partial charge in [0, 0.05) is 18.6 Å². The minimum absolute atomic E-state index is 0.0432. The van der Waals surface area contributed by atoms with Gasteiger partial charge in [0.1, 0.15) is 12.3 Å². The van der Waals surface area contributed by atoms with Crippen LogP contribution >= 0.6 is 0 Å². The van der Waals surface area contributed by atoms with E-state index in [2.05, 4.69) is 0 Å². The molecule has 0 saturated heterocycles. The molecule has 0 amide bonds. The highest BCUT2D eigenvalue weighted by Crippen LogP contribution is 2.20. The van der Waals surface area contributed by atoms with E-state index in [9.17, 15) is 9.59 Å². The highest BCUT2D eigenvalue weighted by Gasteiger charge is 2.28. The van der Waals surface area contributed by atoms with Crippen molar-refractivity contribution in [2.45, 2.75) is 53.6 Å². The second kappa shape index (κ2) is 9.39. The van der Waals surface area contributed by atoms with Crippen molar-refractivity contribution in [2.24, 2.45) is 5.73 Å². The van der Waals surface area contributed by atoms with Crippen LogP contribution in [-0.4, -0.2) is 48.7 Å². The number of carbonyl (C=O) groups excluding carboxylic acids is 2. The van der Waals surface area contributed by atoms with Gasteiger partial charge in [0.15, 0.2) is 0 Å². The van der Waals surface area contributed by atoms with Crippen molar-refractivity contribution >= 4 is 11.9 Å². The first kappa shape index (κ1) is 19.4. The maximum absolute atomic E-state index is 12.3. The van der Waals surface area contributed by atoms with Crippen molar-refractivity contribution in [3.05, 3.63) is 11.3 Å². The summed E-state index contributed by atoms with van der Waals surface area (Å²) >= 11 is 0. The Morgan fingerprint density at radius 3 is 1.95 bits per heavy atom. The molecule has 6 heteroatoms. The largest absolute Gasteiger partial charge is 0.461 e. The predicted molar refractivity (Wildman–Crippen MR) is 81.5 cm³/mol. The van der Waals surface area contributed by atoms with Crippen molar-refractivity contribution < 1.29 is 19.1 Å². The van der Waals surface area contributed by atoms with Crippen LogP contribution in [0.1, 0.15) is 41.5 Å². The van der Waals surface area contributed by atoms with Crippen LogP contribution in [0.15, 0.2) is 11.3 Å². The summed E-state index contributed by atoms with van der Waals surface area (Å²) in [4.78, 5) is 26.1. The quantitative estimate of drug-likeness (QED) is 0.539. The van der Waals surface area contributed by atoms with Crippen LogP contribution in [0, 0.1) is 0 Å². The zero-order valence-electron chi connectivity index (χ0n) is 13.9. The summed E-state index contributed by atoms with van der Waals surface area (Å²) in [5.41, 5.74) is 5.82. The van der Waals surface area contributed by atoms with E-state index < -0.39 is 11.9 Å². The first-order chi connectivity index (χ1) is 9.77. The Balaban J connectivity index is 5.67. The molecule has 122 valence electrons. The fourth-order valence-electron chi connectivity index (χ4n) is 2.12. The third-order valence-corrected chi connectivity index (χ3v) is 2.85. The Morgan fingerprint density at radius 2 is 1.57 bits per heavy atom. The van der Waals surface area contributed by atoms with E-state index in [1.807, 2.05) is 32.6 Å². The molecule has 0 saturated carbocycles. The van der Waals surface area contributed by atoms with Crippen LogP contribution in [0.3, 0.4) is 0 Å². The van der Waals surface area contributed by atoms with Gasteiger partial charge in [-0.05, 0) is 41.5 Å². The number of carbonyl (C=O) groups is 2. The number of rotatable bonds is 8. The number of nitrogens with two attached hydrogens (primary N) is 1. The second-order valence-electron chi connectivity index (χ2n) is 5.21. The topological polar surface area (TPSA) is 81.9 Å². The molecule has 0 rings (SSSR count). The minimum Gasteiger partial charge on any atom is -0.461 e. The Bertz CT molecular complexity index is 381. The fraction of sp³-hybridized carbons (Fsp3) is 0.733. The highest BCUT2D eigenvalue weighted by atomic mass is 16.5. The van der Waals surface area contributed by atoms with Crippen molar-refractivity contribution in [1.29, 1.82) is 0 Å². The van der Waals surface area contributed by atoms with Crippen LogP contribution in [0.4, 0.5) is 0 Å². The van der Waals surface area contributed by atoms with Gasteiger partial charge in [0.25, 0.3) is 0 Å². The number of hydrogen-bond donors (Lipinski definition) is 1. The molecule has 2 N–H and O–H groups in total. The number of hydrogen-bond acceptors (Lipinski definition) is 6. The first-order valence-electron chi connectivity index (χ1n) is 7.31. The van der Waals surface area contributed by atoms with Crippen LogP contribution < -0.4 is 5.73 Å². The summed E-state index contributed by atoms with van der Waals surface area (Å²) in [7, 11) is 0. The lowest BCUT2D eigenvalue weighted by Crippen LogP contribution is -2.41. The summed E-state index contributed by atoms with van der Waals surface area (Å²) in [6, 6.07) is 0.0864. The average Bonchev–Trinajstić information content (AvgIpc) is 2.40. The molecule has 0 aromatic rings. The molecule has 0 unspecified atom stereocenters. The molecule has 0 aromatic carbocycles. The van der Waals surface area contributed by atoms with Crippen molar-refractivity contribution in [1.82, 2.24) is 4.90 Å². The minimum atomic E-state index is -0.546. The average molecular weight is 300 g/mol. The normalized spacial score (nSPS) is 12.2. The summed E-state index contributed by atoms with van der Waals surface area (Å²) < 4.78 is 10.1. The van der Waals surface area contributed by atoms with E-state index in [0.717, 1.165) is 0 Å². The van der Waals surface area contributed by atoms with Gasteiger partial charge in [-0.3, -0.25) is 0 Å². The standard InChI is InChI=1S/C15H28N2O4/c1-7-20-15(19)13(17(10(2)3)11(4)5)12(6)14(18)21-9-8-16/h10-11H,7-9,16H2,1-6H3. The Morgan fingerprint density at radius 1 is 1.05 bits per heavy atom. The van der Waals surface area contributed by atoms with Gasteiger partial charge in [-0.2, -0.15) is 0 Å². The SMILES string of the molecule is CCOC(=O)C(=C(C)C(=O)OCCN)N(C(C)C)C(C)C. The first-order valence-corrected chi connectivity index (χ1v) is 7.31. The van der Waals surface area contributed by atoms with Gasteiger partial charge in [-0.15, -0.1) is 0 Å². The van der Waals surface area contributed by atoms with Crippen molar-refractivity contribution in [3.8, 4) is 0 Å². The summed E-state index contributed by atoms with van der Waals surface area (Å²) in [5.74, 6) is -1.06. The summed E-state index contributed by atoms with van der Waals surface area (Å²) in [6.45, 7) is 11.7. The molecule has 0 aliphatic carbocycles. The molecule has 0 bridgehead atoms. The van der Waals surface area contributed by atoms with E-state index >= 15 is 0 Å². The molecule has 0 fully saturated rings. The summed E-state index contributed by atoms with van der Waals surface area (Å²) in [5, 5.41) is 0. The van der Waals surface area contributed by atoms with E-state index in [4.69, 9.17) is 15.2 Å².